The monoisotopic (exact) mass is 212 g/mol. The van der Waals surface area contributed by atoms with Crippen LogP contribution in [0.25, 0.3) is 0 Å². The van der Waals surface area contributed by atoms with Gasteiger partial charge in [0.2, 0.25) is 0 Å². The number of ether oxygens (including phenoxy) is 2. The minimum atomic E-state index is 0. The Bertz CT molecular complexity index is 282. The fourth-order valence-corrected chi connectivity index (χ4v) is 0.916. The molecule has 3 heteroatoms. The lowest BCUT2D eigenvalue weighted by Gasteiger charge is -2.05. The van der Waals surface area contributed by atoms with E-state index in [1.54, 1.807) is 25.3 Å². The summed E-state index contributed by atoms with van der Waals surface area (Å²) in [6, 6.07) is 5.04. The van der Waals surface area contributed by atoms with Crippen LogP contribution in [0, 0.1) is 0 Å². The lowest BCUT2D eigenvalue weighted by Crippen LogP contribution is -1.91. The molecule has 0 spiro atoms. The highest BCUT2D eigenvalue weighted by atomic mass is 16.5. The third-order valence-corrected chi connectivity index (χ3v) is 1.57. The van der Waals surface area contributed by atoms with Gasteiger partial charge >= 0.3 is 0 Å². The number of carbonyl (C=O) groups excluding carboxylic acids is 1. The van der Waals surface area contributed by atoms with Gasteiger partial charge in [0.1, 0.15) is 11.5 Å². The van der Waals surface area contributed by atoms with Gasteiger partial charge in [-0.3, -0.25) is 4.79 Å². The van der Waals surface area contributed by atoms with E-state index < -0.39 is 0 Å². The first kappa shape index (κ1) is 15.9. The van der Waals surface area contributed by atoms with E-state index in [-0.39, 0.29) is 7.43 Å². The van der Waals surface area contributed by atoms with E-state index in [9.17, 15) is 4.79 Å². The third-order valence-electron chi connectivity index (χ3n) is 1.57. The smallest absolute Gasteiger partial charge is 0.153 e. The molecule has 0 amide bonds. The van der Waals surface area contributed by atoms with Crippen molar-refractivity contribution in [1.29, 1.82) is 0 Å². The van der Waals surface area contributed by atoms with Crippen LogP contribution in [-0.4, -0.2) is 20.5 Å². The Morgan fingerprint density at radius 2 is 1.73 bits per heavy atom. The maximum atomic E-state index is 10.5. The van der Waals surface area contributed by atoms with Crippen molar-refractivity contribution in [3.8, 4) is 11.5 Å². The minimum Gasteiger partial charge on any atom is -0.497 e. The molecule has 0 aliphatic carbocycles. The summed E-state index contributed by atoms with van der Waals surface area (Å²) in [4.78, 5) is 10.5. The second-order valence-corrected chi connectivity index (χ2v) is 2.23. The molecule has 0 aliphatic rings. The van der Waals surface area contributed by atoms with Crippen LogP contribution < -0.4 is 9.47 Å². The summed E-state index contributed by atoms with van der Waals surface area (Å²) < 4.78 is 9.93. The quantitative estimate of drug-likeness (QED) is 0.722. The molecule has 0 N–H and O–H groups in total. The molecule has 0 atom stereocenters. The second-order valence-electron chi connectivity index (χ2n) is 2.23. The summed E-state index contributed by atoms with van der Waals surface area (Å²) in [5.74, 6) is 1.21. The van der Waals surface area contributed by atoms with Crippen molar-refractivity contribution in [3.05, 3.63) is 23.8 Å². The summed E-state index contributed by atoms with van der Waals surface area (Å²) in [6.07, 6.45) is 0.748. The van der Waals surface area contributed by atoms with Gasteiger partial charge in [0.05, 0.1) is 19.8 Å². The van der Waals surface area contributed by atoms with Crippen LogP contribution in [0.2, 0.25) is 0 Å². The van der Waals surface area contributed by atoms with Crippen LogP contribution in [0.4, 0.5) is 0 Å². The summed E-state index contributed by atoms with van der Waals surface area (Å²) in [7, 11) is 3.08. The van der Waals surface area contributed by atoms with Crippen molar-refractivity contribution < 1.29 is 14.3 Å². The average molecular weight is 212 g/mol. The van der Waals surface area contributed by atoms with Crippen LogP contribution in [0.3, 0.4) is 0 Å². The maximum absolute atomic E-state index is 10.5. The van der Waals surface area contributed by atoms with Gasteiger partial charge < -0.3 is 9.47 Å². The molecule has 0 aliphatic heterocycles. The Labute approximate surface area is 92.0 Å². The molecule has 1 rings (SSSR count). The molecule has 0 saturated carbocycles. The highest BCUT2D eigenvalue weighted by Crippen LogP contribution is 2.22. The molecular weight excluding hydrogens is 192 g/mol. The predicted octanol–water partition coefficient (Wildman–Crippen LogP) is 3.18. The van der Waals surface area contributed by atoms with E-state index in [0.29, 0.717) is 17.1 Å². The SMILES string of the molecule is C.CC.COc1ccc(C=O)c(OC)c1. The number of hydrogen-bond acceptors (Lipinski definition) is 3. The second kappa shape index (κ2) is 9.06. The van der Waals surface area contributed by atoms with Crippen LogP contribution >= 0.6 is 0 Å². The van der Waals surface area contributed by atoms with Gasteiger partial charge in [-0.05, 0) is 12.1 Å². The van der Waals surface area contributed by atoms with Crippen molar-refractivity contribution in [1.82, 2.24) is 0 Å². The summed E-state index contributed by atoms with van der Waals surface area (Å²) in [5, 5.41) is 0. The highest BCUT2D eigenvalue weighted by Gasteiger charge is 2.02. The lowest BCUT2D eigenvalue weighted by atomic mass is 10.2. The van der Waals surface area contributed by atoms with E-state index in [0.717, 1.165) is 6.29 Å². The number of aldehydes is 1. The van der Waals surface area contributed by atoms with Gasteiger partial charge in [-0.15, -0.1) is 0 Å². The Balaban J connectivity index is 0. The first-order chi connectivity index (χ1) is 6.81. The summed E-state index contributed by atoms with van der Waals surface area (Å²) >= 11 is 0. The number of methoxy groups -OCH3 is 2. The van der Waals surface area contributed by atoms with Gasteiger partial charge in [0.15, 0.2) is 6.29 Å². The molecule has 0 bridgehead atoms. The van der Waals surface area contributed by atoms with Crippen LogP contribution in [0.5, 0.6) is 11.5 Å². The van der Waals surface area contributed by atoms with Crippen LogP contribution in [0.15, 0.2) is 18.2 Å². The van der Waals surface area contributed by atoms with Gasteiger partial charge in [0, 0.05) is 6.07 Å². The average Bonchev–Trinajstić information content (AvgIpc) is 2.30. The van der Waals surface area contributed by atoms with Crippen molar-refractivity contribution in [2.24, 2.45) is 0 Å². The molecule has 0 aromatic heterocycles. The Hall–Kier alpha value is -1.51. The third kappa shape index (κ3) is 4.49. The molecule has 15 heavy (non-hydrogen) atoms. The molecule has 0 unspecified atom stereocenters. The fourth-order valence-electron chi connectivity index (χ4n) is 0.916. The number of carbonyl (C=O) groups is 1. The van der Waals surface area contributed by atoms with E-state index >= 15 is 0 Å². The molecule has 0 fully saturated rings. The first-order valence-corrected chi connectivity index (χ1v) is 4.49. The van der Waals surface area contributed by atoms with Crippen molar-refractivity contribution in [2.75, 3.05) is 14.2 Å². The molecule has 3 nitrogen and oxygen atoms in total. The standard InChI is InChI=1S/C9H10O3.C2H6.CH4/c1-11-8-4-3-7(6-10)9(5-8)12-2;1-2;/h3-6H,1-2H3;1-2H3;1H4. The van der Waals surface area contributed by atoms with Gasteiger partial charge in [-0.1, -0.05) is 21.3 Å². The zero-order valence-corrected chi connectivity index (χ0v) is 9.03. The maximum Gasteiger partial charge on any atom is 0.153 e. The number of hydrogen-bond donors (Lipinski definition) is 0. The Morgan fingerprint density at radius 3 is 2.13 bits per heavy atom. The van der Waals surface area contributed by atoms with Crippen molar-refractivity contribution in [2.45, 2.75) is 21.3 Å². The van der Waals surface area contributed by atoms with E-state index in [1.165, 1.54) is 7.11 Å². The normalized spacial score (nSPS) is 7.73. The largest absolute Gasteiger partial charge is 0.497 e. The number of benzene rings is 1. The van der Waals surface area contributed by atoms with Crippen molar-refractivity contribution in [3.63, 3.8) is 0 Å². The molecule has 0 saturated heterocycles. The number of rotatable bonds is 3. The molecule has 0 radical (unpaired) electrons. The zero-order chi connectivity index (χ0) is 11.0. The summed E-state index contributed by atoms with van der Waals surface area (Å²) in [6.45, 7) is 4.00. The van der Waals surface area contributed by atoms with Gasteiger partial charge in [-0.2, -0.15) is 0 Å². The molecule has 1 aromatic rings. The Kier molecular flexibility index (Phi) is 9.63. The van der Waals surface area contributed by atoms with E-state index in [4.69, 9.17) is 9.47 Å². The minimum absolute atomic E-state index is 0. The molecular formula is C12H20O3. The van der Waals surface area contributed by atoms with E-state index in [1.807, 2.05) is 13.8 Å². The first-order valence-electron chi connectivity index (χ1n) is 4.49. The Morgan fingerprint density at radius 1 is 1.13 bits per heavy atom. The van der Waals surface area contributed by atoms with E-state index in [2.05, 4.69) is 0 Å². The molecule has 1 aromatic carbocycles. The van der Waals surface area contributed by atoms with Crippen LogP contribution in [0.1, 0.15) is 31.6 Å². The molecule has 86 valence electrons. The highest BCUT2D eigenvalue weighted by molar-refractivity contribution is 5.79. The van der Waals surface area contributed by atoms with Gasteiger partial charge in [-0.25, -0.2) is 0 Å². The predicted molar refractivity (Wildman–Crippen MR) is 63.0 cm³/mol. The topological polar surface area (TPSA) is 35.5 Å². The van der Waals surface area contributed by atoms with Crippen LogP contribution in [-0.2, 0) is 0 Å². The summed E-state index contributed by atoms with van der Waals surface area (Å²) in [5.41, 5.74) is 0.526. The molecule has 0 heterocycles. The van der Waals surface area contributed by atoms with Crippen molar-refractivity contribution >= 4 is 6.29 Å². The van der Waals surface area contributed by atoms with Gasteiger partial charge in [0.25, 0.3) is 0 Å². The zero-order valence-electron chi connectivity index (χ0n) is 9.03. The lowest BCUT2D eigenvalue weighted by molar-refractivity contribution is 0.112. The fraction of sp³-hybridized carbons (Fsp3) is 0.417.